The van der Waals surface area contributed by atoms with Crippen molar-refractivity contribution in [3.05, 3.63) is 59.3 Å². The van der Waals surface area contributed by atoms with Gasteiger partial charge in [0.2, 0.25) is 11.8 Å². The van der Waals surface area contributed by atoms with E-state index in [-0.39, 0.29) is 17.9 Å². The Balaban J connectivity index is 1.47. The first-order chi connectivity index (χ1) is 14.3. The molecular weight excluding hydrogens is 378 g/mol. The number of hydrogen-bond donors (Lipinski definition) is 4. The zero-order valence-electron chi connectivity index (χ0n) is 17.8. The van der Waals surface area contributed by atoms with Crippen molar-refractivity contribution in [2.45, 2.75) is 51.7 Å². The molecule has 4 atom stereocenters. The highest BCUT2D eigenvalue weighted by Gasteiger charge is 2.33. The summed E-state index contributed by atoms with van der Waals surface area (Å²) < 4.78 is 0. The van der Waals surface area contributed by atoms with Gasteiger partial charge in [-0.2, -0.15) is 0 Å². The summed E-state index contributed by atoms with van der Waals surface area (Å²) >= 11 is 0. The number of pyridine rings is 1. The third-order valence-corrected chi connectivity index (χ3v) is 5.94. The first kappa shape index (κ1) is 21.8. The number of benzene rings is 1. The van der Waals surface area contributed by atoms with Crippen LogP contribution in [0.3, 0.4) is 0 Å². The second kappa shape index (κ2) is 9.71. The summed E-state index contributed by atoms with van der Waals surface area (Å²) in [4.78, 5) is 29.3. The molecule has 0 bridgehead atoms. The molecule has 160 valence electrons. The summed E-state index contributed by atoms with van der Waals surface area (Å²) in [6.45, 7) is 6.88. The van der Waals surface area contributed by atoms with Crippen LogP contribution in [0.15, 0.2) is 42.5 Å². The maximum atomic E-state index is 12.7. The van der Waals surface area contributed by atoms with Crippen LogP contribution in [-0.2, 0) is 16.1 Å². The number of nitrogen functional groups attached to an aromatic ring is 1. The fraction of sp³-hybridized carbons (Fsp3) is 0.435. The molecule has 0 spiro atoms. The van der Waals surface area contributed by atoms with Crippen LogP contribution >= 0.6 is 0 Å². The molecule has 2 aromatic rings. The van der Waals surface area contributed by atoms with Crippen LogP contribution in [0.2, 0.25) is 0 Å². The van der Waals surface area contributed by atoms with E-state index < -0.39 is 6.04 Å². The SMILES string of the molecule is Cc1nc(N)ccc1CNC(=O)[C@H](C)NC(=O)[C@H]1CC([C@@H](C)c2ccccc2)CN1. The molecule has 0 radical (unpaired) electrons. The van der Waals surface area contributed by atoms with Crippen molar-refractivity contribution in [1.82, 2.24) is 20.9 Å². The van der Waals surface area contributed by atoms with Crippen LogP contribution in [-0.4, -0.2) is 35.4 Å². The van der Waals surface area contributed by atoms with Crippen LogP contribution in [0.4, 0.5) is 5.82 Å². The summed E-state index contributed by atoms with van der Waals surface area (Å²) in [5.41, 5.74) is 8.61. The van der Waals surface area contributed by atoms with Crippen molar-refractivity contribution < 1.29 is 9.59 Å². The minimum absolute atomic E-state index is 0.134. The third kappa shape index (κ3) is 5.36. The van der Waals surface area contributed by atoms with Crippen LogP contribution < -0.4 is 21.7 Å². The monoisotopic (exact) mass is 409 g/mol. The molecule has 30 heavy (non-hydrogen) atoms. The van der Waals surface area contributed by atoms with Gasteiger partial charge >= 0.3 is 0 Å². The maximum absolute atomic E-state index is 12.7. The van der Waals surface area contributed by atoms with Crippen LogP contribution in [0, 0.1) is 12.8 Å². The molecule has 1 unspecified atom stereocenters. The number of aromatic nitrogens is 1. The highest BCUT2D eigenvalue weighted by atomic mass is 16.2. The van der Waals surface area contributed by atoms with E-state index in [4.69, 9.17) is 5.73 Å². The average Bonchev–Trinajstić information content (AvgIpc) is 3.23. The number of aryl methyl sites for hydroxylation is 1. The number of nitrogens with zero attached hydrogens (tertiary/aromatic N) is 1. The van der Waals surface area contributed by atoms with E-state index in [1.54, 1.807) is 13.0 Å². The molecule has 3 rings (SSSR count). The lowest BCUT2D eigenvalue weighted by atomic mass is 9.86. The number of carbonyl (C=O) groups is 2. The lowest BCUT2D eigenvalue weighted by Gasteiger charge is -2.20. The van der Waals surface area contributed by atoms with Crippen molar-refractivity contribution in [1.29, 1.82) is 0 Å². The fourth-order valence-corrected chi connectivity index (χ4v) is 3.88. The quantitative estimate of drug-likeness (QED) is 0.558. The zero-order chi connectivity index (χ0) is 21.7. The van der Waals surface area contributed by atoms with Crippen LogP contribution in [0.1, 0.15) is 43.0 Å². The second-order valence-corrected chi connectivity index (χ2v) is 8.08. The highest BCUT2D eigenvalue weighted by Crippen LogP contribution is 2.30. The maximum Gasteiger partial charge on any atom is 0.242 e. The molecule has 0 saturated carbocycles. The zero-order valence-corrected chi connectivity index (χ0v) is 17.8. The van der Waals surface area contributed by atoms with E-state index in [0.717, 1.165) is 24.2 Å². The van der Waals surface area contributed by atoms with E-state index in [9.17, 15) is 9.59 Å². The number of carbonyl (C=O) groups excluding carboxylic acids is 2. The predicted molar refractivity (Wildman–Crippen MR) is 118 cm³/mol. The largest absolute Gasteiger partial charge is 0.384 e. The molecule has 1 aromatic carbocycles. The Morgan fingerprint density at radius 2 is 1.93 bits per heavy atom. The highest BCUT2D eigenvalue weighted by molar-refractivity contribution is 5.89. The minimum Gasteiger partial charge on any atom is -0.384 e. The smallest absolute Gasteiger partial charge is 0.242 e. The Hall–Kier alpha value is -2.93. The standard InChI is InChI=1S/C23H31N5O2/c1-14(17-7-5-4-6-8-17)19-11-20(25-13-19)23(30)28-16(3)22(29)26-12-18-9-10-21(24)27-15(18)2/h4-10,14,16,19-20,25H,11-13H2,1-3H3,(H2,24,27)(H,26,29)(H,28,30)/t14-,16-,19?,20+/m0/s1. The number of amides is 2. The molecule has 0 aliphatic carbocycles. The molecule has 2 heterocycles. The van der Waals surface area contributed by atoms with Gasteiger partial charge in [-0.05, 0) is 55.8 Å². The number of rotatable bonds is 7. The number of nitrogens with one attached hydrogen (secondary N) is 3. The molecule has 1 aliphatic heterocycles. The molecule has 1 fully saturated rings. The van der Waals surface area contributed by atoms with E-state index >= 15 is 0 Å². The van der Waals surface area contributed by atoms with Gasteiger partial charge in [-0.25, -0.2) is 4.98 Å². The van der Waals surface area contributed by atoms with E-state index in [1.165, 1.54) is 5.56 Å². The number of nitrogens with two attached hydrogens (primary N) is 1. The minimum atomic E-state index is -0.619. The van der Waals surface area contributed by atoms with Crippen molar-refractivity contribution in [2.75, 3.05) is 12.3 Å². The lowest BCUT2D eigenvalue weighted by Crippen LogP contribution is -2.50. The molecule has 7 heteroatoms. The average molecular weight is 410 g/mol. The van der Waals surface area contributed by atoms with Crippen molar-refractivity contribution >= 4 is 17.6 Å². The van der Waals surface area contributed by atoms with Gasteiger partial charge in [0.05, 0.1) is 6.04 Å². The Bertz CT molecular complexity index is 886. The molecule has 1 aliphatic rings. The summed E-state index contributed by atoms with van der Waals surface area (Å²) in [6.07, 6.45) is 0.756. The van der Waals surface area contributed by atoms with Gasteiger partial charge in [-0.3, -0.25) is 9.59 Å². The second-order valence-electron chi connectivity index (χ2n) is 8.08. The topological polar surface area (TPSA) is 109 Å². The Labute approximate surface area is 177 Å². The third-order valence-electron chi connectivity index (χ3n) is 5.94. The van der Waals surface area contributed by atoms with E-state index in [0.29, 0.717) is 24.2 Å². The van der Waals surface area contributed by atoms with Gasteiger partial charge in [0.1, 0.15) is 11.9 Å². The van der Waals surface area contributed by atoms with Gasteiger partial charge in [0, 0.05) is 12.2 Å². The van der Waals surface area contributed by atoms with E-state index in [2.05, 4.69) is 40.0 Å². The van der Waals surface area contributed by atoms with Crippen molar-refractivity contribution in [3.63, 3.8) is 0 Å². The van der Waals surface area contributed by atoms with Gasteiger partial charge in [-0.15, -0.1) is 0 Å². The number of hydrogen-bond acceptors (Lipinski definition) is 5. The summed E-state index contributed by atoms with van der Waals surface area (Å²) in [6, 6.07) is 13.0. The molecule has 5 N–H and O–H groups in total. The molecule has 2 amide bonds. The first-order valence-electron chi connectivity index (χ1n) is 10.4. The normalized spacial score (nSPS) is 20.4. The number of anilines is 1. The molecular formula is C23H31N5O2. The van der Waals surface area contributed by atoms with Crippen LogP contribution in [0.25, 0.3) is 0 Å². The summed E-state index contributed by atoms with van der Waals surface area (Å²) in [5, 5.41) is 8.99. The summed E-state index contributed by atoms with van der Waals surface area (Å²) in [7, 11) is 0. The van der Waals surface area contributed by atoms with Crippen molar-refractivity contribution in [3.8, 4) is 0 Å². The van der Waals surface area contributed by atoms with Crippen molar-refractivity contribution in [2.24, 2.45) is 5.92 Å². The van der Waals surface area contributed by atoms with E-state index in [1.807, 2.05) is 31.2 Å². The molecule has 1 aromatic heterocycles. The Morgan fingerprint density at radius 1 is 1.20 bits per heavy atom. The lowest BCUT2D eigenvalue weighted by molar-refractivity contribution is -0.129. The van der Waals surface area contributed by atoms with Crippen LogP contribution in [0.5, 0.6) is 0 Å². The first-order valence-corrected chi connectivity index (χ1v) is 10.4. The van der Waals surface area contributed by atoms with Gasteiger partial charge in [-0.1, -0.05) is 43.3 Å². The molecule has 1 saturated heterocycles. The predicted octanol–water partition coefficient (Wildman–Crippen LogP) is 1.87. The molecule has 7 nitrogen and oxygen atoms in total. The fourth-order valence-electron chi connectivity index (χ4n) is 3.88. The Kier molecular flexibility index (Phi) is 7.05. The Morgan fingerprint density at radius 3 is 2.63 bits per heavy atom. The van der Waals surface area contributed by atoms with Gasteiger partial charge < -0.3 is 21.7 Å². The summed E-state index contributed by atoms with van der Waals surface area (Å²) in [5.74, 6) is 0.840. The van der Waals surface area contributed by atoms with Gasteiger partial charge in [0.25, 0.3) is 0 Å². The van der Waals surface area contributed by atoms with Gasteiger partial charge in [0.15, 0.2) is 0 Å².